The number of piperazine rings is 1. The Balaban J connectivity index is 1.73. The summed E-state index contributed by atoms with van der Waals surface area (Å²) >= 11 is 0. The van der Waals surface area contributed by atoms with Crippen molar-refractivity contribution < 1.29 is 9.53 Å². The first-order valence-electron chi connectivity index (χ1n) is 9.42. The summed E-state index contributed by atoms with van der Waals surface area (Å²) < 4.78 is 5.97. The molecule has 1 amide bonds. The molecular formula is C20H33N3O2. The lowest BCUT2D eigenvalue weighted by molar-refractivity contribution is -0.128. The van der Waals surface area contributed by atoms with Crippen LogP contribution in [0.1, 0.15) is 30.9 Å². The van der Waals surface area contributed by atoms with Gasteiger partial charge in [-0.3, -0.25) is 4.79 Å². The Morgan fingerprint density at radius 3 is 2.64 bits per heavy atom. The predicted octanol–water partition coefficient (Wildman–Crippen LogP) is 2.21. The van der Waals surface area contributed by atoms with Gasteiger partial charge in [-0.1, -0.05) is 19.1 Å². The van der Waals surface area contributed by atoms with Gasteiger partial charge in [-0.15, -0.1) is 0 Å². The van der Waals surface area contributed by atoms with Gasteiger partial charge in [-0.25, -0.2) is 0 Å². The smallest absolute Gasteiger partial charge is 0.261 e. The lowest BCUT2D eigenvalue weighted by atomic mass is 10.1. The van der Waals surface area contributed by atoms with Crippen molar-refractivity contribution in [2.45, 2.75) is 39.7 Å². The molecule has 1 unspecified atom stereocenters. The minimum Gasteiger partial charge on any atom is -0.480 e. The Bertz CT molecular complexity index is 554. The number of amides is 1. The normalized spacial score (nSPS) is 17.3. The van der Waals surface area contributed by atoms with Crippen LogP contribution >= 0.6 is 0 Å². The van der Waals surface area contributed by atoms with E-state index in [1.165, 1.54) is 0 Å². The highest BCUT2D eigenvalue weighted by Gasteiger charge is 2.19. The lowest BCUT2D eigenvalue weighted by Gasteiger charge is -2.32. The highest BCUT2D eigenvalue weighted by atomic mass is 16.5. The molecule has 1 N–H and O–H groups in total. The average Bonchev–Trinajstić information content (AvgIpc) is 2.60. The summed E-state index contributed by atoms with van der Waals surface area (Å²) in [5.41, 5.74) is 2.20. The minimum absolute atomic E-state index is 0.0122. The molecule has 1 aliphatic rings. The van der Waals surface area contributed by atoms with E-state index in [-0.39, 0.29) is 5.91 Å². The van der Waals surface area contributed by atoms with E-state index in [1.807, 2.05) is 32.9 Å². The van der Waals surface area contributed by atoms with Crippen LogP contribution in [0.5, 0.6) is 5.75 Å². The van der Waals surface area contributed by atoms with Crippen LogP contribution in [0.4, 0.5) is 0 Å². The van der Waals surface area contributed by atoms with Crippen molar-refractivity contribution in [1.82, 2.24) is 15.1 Å². The number of aryl methyl sites for hydroxylation is 2. The van der Waals surface area contributed by atoms with E-state index in [4.69, 9.17) is 4.74 Å². The van der Waals surface area contributed by atoms with E-state index in [0.717, 1.165) is 56.0 Å². The number of benzene rings is 1. The third-order valence-corrected chi connectivity index (χ3v) is 4.82. The summed E-state index contributed by atoms with van der Waals surface area (Å²) in [6.45, 7) is 12.3. The van der Waals surface area contributed by atoms with Crippen molar-refractivity contribution in [3.8, 4) is 5.75 Å². The molecule has 1 aromatic rings. The number of carbonyl (C=O) groups is 1. The Kier molecular flexibility index (Phi) is 7.72. The molecule has 1 saturated heterocycles. The van der Waals surface area contributed by atoms with Gasteiger partial charge in [0.15, 0.2) is 6.10 Å². The highest BCUT2D eigenvalue weighted by Crippen LogP contribution is 2.21. The Labute approximate surface area is 152 Å². The number of rotatable bonds is 8. The van der Waals surface area contributed by atoms with Crippen LogP contribution in [0.15, 0.2) is 18.2 Å². The Morgan fingerprint density at radius 2 is 1.96 bits per heavy atom. The van der Waals surface area contributed by atoms with Crippen LogP contribution in [0, 0.1) is 13.8 Å². The SMILES string of the molecule is CCC(Oc1cc(C)ccc1C)C(=O)NCCCN1CCN(C)CC1. The number of ether oxygens (including phenoxy) is 1. The average molecular weight is 348 g/mol. The largest absolute Gasteiger partial charge is 0.480 e. The molecule has 140 valence electrons. The van der Waals surface area contributed by atoms with Crippen LogP contribution in [0.3, 0.4) is 0 Å². The molecule has 1 aromatic carbocycles. The fourth-order valence-electron chi connectivity index (χ4n) is 3.01. The Hall–Kier alpha value is -1.59. The summed E-state index contributed by atoms with van der Waals surface area (Å²) in [5.74, 6) is 0.793. The summed E-state index contributed by atoms with van der Waals surface area (Å²) in [7, 11) is 2.17. The standard InChI is InChI=1S/C20H33N3O2/c1-5-18(25-19-15-16(2)7-8-17(19)3)20(24)21-9-6-10-23-13-11-22(4)12-14-23/h7-8,15,18H,5-6,9-14H2,1-4H3,(H,21,24). The zero-order chi connectivity index (χ0) is 18.2. The van der Waals surface area contributed by atoms with Crippen LogP contribution in [0.25, 0.3) is 0 Å². The van der Waals surface area contributed by atoms with Crippen molar-refractivity contribution in [2.24, 2.45) is 0 Å². The molecule has 0 spiro atoms. The molecule has 5 nitrogen and oxygen atoms in total. The number of likely N-dealkylation sites (N-methyl/N-ethyl adjacent to an activating group) is 1. The monoisotopic (exact) mass is 347 g/mol. The second-order valence-electron chi connectivity index (χ2n) is 7.07. The molecule has 25 heavy (non-hydrogen) atoms. The summed E-state index contributed by atoms with van der Waals surface area (Å²) in [5, 5.41) is 3.04. The molecule has 0 saturated carbocycles. The van der Waals surface area contributed by atoms with Gasteiger partial charge in [-0.05, 0) is 57.5 Å². The van der Waals surface area contributed by atoms with E-state index >= 15 is 0 Å². The number of carbonyl (C=O) groups excluding carboxylic acids is 1. The van der Waals surface area contributed by atoms with Crippen molar-refractivity contribution in [3.05, 3.63) is 29.3 Å². The first-order chi connectivity index (χ1) is 12.0. The van der Waals surface area contributed by atoms with Crippen molar-refractivity contribution in [3.63, 3.8) is 0 Å². The number of nitrogens with one attached hydrogen (secondary N) is 1. The molecule has 0 aromatic heterocycles. The van der Waals surface area contributed by atoms with E-state index < -0.39 is 6.10 Å². The van der Waals surface area contributed by atoms with Gasteiger partial charge < -0.3 is 19.9 Å². The summed E-state index contributed by atoms with van der Waals surface area (Å²) in [6.07, 6.45) is 1.22. The van der Waals surface area contributed by atoms with Gasteiger partial charge in [0, 0.05) is 32.7 Å². The zero-order valence-electron chi connectivity index (χ0n) is 16.2. The van der Waals surface area contributed by atoms with Gasteiger partial charge >= 0.3 is 0 Å². The maximum absolute atomic E-state index is 12.4. The molecule has 0 radical (unpaired) electrons. The van der Waals surface area contributed by atoms with Gasteiger partial charge in [0.2, 0.25) is 0 Å². The third-order valence-electron chi connectivity index (χ3n) is 4.82. The first-order valence-corrected chi connectivity index (χ1v) is 9.42. The summed E-state index contributed by atoms with van der Waals surface area (Å²) in [6, 6.07) is 6.09. The first kappa shape index (κ1) is 19.7. The molecule has 0 aliphatic carbocycles. The van der Waals surface area contributed by atoms with E-state index in [9.17, 15) is 4.79 Å². The highest BCUT2D eigenvalue weighted by molar-refractivity contribution is 5.81. The van der Waals surface area contributed by atoms with Gasteiger partial charge in [-0.2, -0.15) is 0 Å². The maximum atomic E-state index is 12.4. The lowest BCUT2D eigenvalue weighted by Crippen LogP contribution is -2.45. The number of hydrogen-bond acceptors (Lipinski definition) is 4. The van der Waals surface area contributed by atoms with E-state index in [2.05, 4.69) is 28.2 Å². The van der Waals surface area contributed by atoms with Crippen molar-refractivity contribution in [2.75, 3.05) is 46.3 Å². The van der Waals surface area contributed by atoms with E-state index in [1.54, 1.807) is 0 Å². The van der Waals surface area contributed by atoms with Gasteiger partial charge in [0.25, 0.3) is 5.91 Å². The molecule has 1 aliphatic heterocycles. The quantitative estimate of drug-likeness (QED) is 0.733. The Morgan fingerprint density at radius 1 is 1.24 bits per heavy atom. The molecule has 1 heterocycles. The van der Waals surface area contributed by atoms with Crippen molar-refractivity contribution >= 4 is 5.91 Å². The molecular weight excluding hydrogens is 314 g/mol. The van der Waals surface area contributed by atoms with E-state index in [0.29, 0.717) is 13.0 Å². The van der Waals surface area contributed by atoms with Crippen LogP contribution in [0.2, 0.25) is 0 Å². The predicted molar refractivity (Wildman–Crippen MR) is 102 cm³/mol. The number of nitrogens with zero attached hydrogens (tertiary/aromatic N) is 2. The fraction of sp³-hybridized carbons (Fsp3) is 0.650. The fourth-order valence-corrected chi connectivity index (χ4v) is 3.01. The second kappa shape index (κ2) is 9.78. The van der Waals surface area contributed by atoms with Crippen LogP contribution in [-0.4, -0.2) is 68.1 Å². The maximum Gasteiger partial charge on any atom is 0.261 e. The van der Waals surface area contributed by atoms with Crippen LogP contribution < -0.4 is 10.1 Å². The minimum atomic E-state index is -0.427. The second-order valence-corrected chi connectivity index (χ2v) is 7.07. The third kappa shape index (κ3) is 6.33. The molecule has 5 heteroatoms. The summed E-state index contributed by atoms with van der Waals surface area (Å²) in [4.78, 5) is 17.2. The van der Waals surface area contributed by atoms with Crippen LogP contribution in [-0.2, 0) is 4.79 Å². The molecule has 2 rings (SSSR count). The van der Waals surface area contributed by atoms with Crippen molar-refractivity contribution in [1.29, 1.82) is 0 Å². The van der Waals surface area contributed by atoms with Gasteiger partial charge in [0.1, 0.15) is 5.75 Å². The zero-order valence-corrected chi connectivity index (χ0v) is 16.2. The number of hydrogen-bond donors (Lipinski definition) is 1. The molecule has 0 bridgehead atoms. The molecule has 1 atom stereocenters. The molecule has 1 fully saturated rings. The van der Waals surface area contributed by atoms with Gasteiger partial charge in [0.05, 0.1) is 0 Å². The topological polar surface area (TPSA) is 44.8 Å².